The maximum Gasteiger partial charge on any atom is 0.409 e. The number of rotatable bonds is 5. The van der Waals surface area contributed by atoms with Gasteiger partial charge >= 0.3 is 6.09 Å². The molecule has 28 heavy (non-hydrogen) atoms. The molecule has 0 atom stereocenters. The van der Waals surface area contributed by atoms with Crippen LogP contribution in [0.1, 0.15) is 29.8 Å². The fourth-order valence-electron chi connectivity index (χ4n) is 2.92. The van der Waals surface area contributed by atoms with Crippen LogP contribution < -0.4 is 5.32 Å². The third-order valence-corrected chi connectivity index (χ3v) is 4.46. The maximum absolute atomic E-state index is 12.0. The Morgan fingerprint density at radius 1 is 1.07 bits per heavy atom. The summed E-state index contributed by atoms with van der Waals surface area (Å²) in [6.45, 7) is 8.18. The molecular formula is C20H31N5O3. The molecular weight excluding hydrogens is 358 g/mol. The van der Waals surface area contributed by atoms with E-state index in [1.54, 1.807) is 23.9 Å². The summed E-state index contributed by atoms with van der Waals surface area (Å²) >= 11 is 0. The van der Waals surface area contributed by atoms with Gasteiger partial charge in [-0.25, -0.2) is 9.79 Å². The van der Waals surface area contributed by atoms with Crippen LogP contribution in [-0.2, 0) is 11.3 Å². The van der Waals surface area contributed by atoms with E-state index in [1.807, 2.05) is 38.1 Å². The van der Waals surface area contributed by atoms with Crippen molar-refractivity contribution in [2.24, 2.45) is 4.99 Å². The van der Waals surface area contributed by atoms with Crippen molar-refractivity contribution in [3.8, 4) is 0 Å². The zero-order valence-electron chi connectivity index (χ0n) is 17.3. The Morgan fingerprint density at radius 3 is 2.21 bits per heavy atom. The monoisotopic (exact) mass is 389 g/mol. The van der Waals surface area contributed by atoms with Crippen molar-refractivity contribution in [1.29, 1.82) is 0 Å². The molecule has 0 aromatic heterocycles. The molecule has 8 nitrogen and oxygen atoms in total. The lowest BCUT2D eigenvalue weighted by Gasteiger charge is -2.35. The number of aliphatic imine (C=N–C) groups is 1. The molecule has 0 unspecified atom stereocenters. The lowest BCUT2D eigenvalue weighted by Crippen LogP contribution is -2.53. The van der Waals surface area contributed by atoms with Crippen LogP contribution in [0.2, 0.25) is 0 Å². The predicted molar refractivity (Wildman–Crippen MR) is 109 cm³/mol. The smallest absolute Gasteiger partial charge is 0.409 e. The van der Waals surface area contributed by atoms with Crippen molar-refractivity contribution >= 4 is 18.0 Å². The third kappa shape index (κ3) is 5.87. The van der Waals surface area contributed by atoms with Crippen LogP contribution in [0.5, 0.6) is 0 Å². The molecule has 0 spiro atoms. The highest BCUT2D eigenvalue weighted by Gasteiger charge is 2.23. The Bertz CT molecular complexity index is 680. The summed E-state index contributed by atoms with van der Waals surface area (Å²) in [5, 5.41) is 3.32. The van der Waals surface area contributed by atoms with Gasteiger partial charge in [0.1, 0.15) is 0 Å². The van der Waals surface area contributed by atoms with Crippen molar-refractivity contribution < 1.29 is 14.3 Å². The van der Waals surface area contributed by atoms with E-state index < -0.39 is 0 Å². The number of guanidine groups is 1. The Morgan fingerprint density at radius 2 is 1.68 bits per heavy atom. The largest absolute Gasteiger partial charge is 0.450 e. The summed E-state index contributed by atoms with van der Waals surface area (Å²) in [4.78, 5) is 34.0. The average molecular weight is 390 g/mol. The van der Waals surface area contributed by atoms with Crippen LogP contribution in [0.4, 0.5) is 4.79 Å². The average Bonchev–Trinajstić information content (AvgIpc) is 2.71. The molecule has 1 fully saturated rings. The van der Waals surface area contributed by atoms with E-state index in [0.717, 1.165) is 18.1 Å². The summed E-state index contributed by atoms with van der Waals surface area (Å²) in [6.07, 6.45) is -0.253. The number of benzene rings is 1. The minimum atomic E-state index is -0.253. The van der Waals surface area contributed by atoms with Crippen molar-refractivity contribution in [3.05, 3.63) is 35.4 Å². The molecule has 0 aliphatic carbocycles. The van der Waals surface area contributed by atoms with Gasteiger partial charge in [-0.15, -0.1) is 0 Å². The van der Waals surface area contributed by atoms with Crippen LogP contribution in [0.15, 0.2) is 29.3 Å². The number of nitrogens with one attached hydrogen (secondary N) is 1. The predicted octanol–water partition coefficient (Wildman–Crippen LogP) is 1.63. The van der Waals surface area contributed by atoms with E-state index in [0.29, 0.717) is 44.9 Å². The molecule has 1 N–H and O–H groups in total. The second-order valence-corrected chi connectivity index (χ2v) is 6.74. The van der Waals surface area contributed by atoms with E-state index >= 15 is 0 Å². The molecule has 2 amide bonds. The number of carbonyl (C=O) groups is 2. The fourth-order valence-corrected chi connectivity index (χ4v) is 2.92. The zero-order chi connectivity index (χ0) is 20.5. The molecule has 2 rings (SSSR count). The highest BCUT2D eigenvalue weighted by Crippen LogP contribution is 2.09. The van der Waals surface area contributed by atoms with Crippen LogP contribution >= 0.6 is 0 Å². The number of amides is 2. The summed E-state index contributed by atoms with van der Waals surface area (Å²) in [6, 6.07) is 7.53. The topological polar surface area (TPSA) is 77.5 Å². The summed E-state index contributed by atoms with van der Waals surface area (Å²) in [5.41, 5.74) is 1.70. The van der Waals surface area contributed by atoms with E-state index in [4.69, 9.17) is 9.73 Å². The molecule has 0 saturated carbocycles. The SMILES string of the molecule is CCNC(=NCc1ccc(C(=O)N(C)C)cc1)N1CCN(C(=O)OCC)CC1. The van der Waals surface area contributed by atoms with Crippen LogP contribution in [-0.4, -0.2) is 86.1 Å². The summed E-state index contributed by atoms with van der Waals surface area (Å²) in [7, 11) is 3.48. The van der Waals surface area contributed by atoms with E-state index in [1.165, 1.54) is 0 Å². The molecule has 1 aromatic rings. The number of carbonyl (C=O) groups excluding carboxylic acids is 2. The third-order valence-electron chi connectivity index (χ3n) is 4.46. The number of nitrogens with zero attached hydrogens (tertiary/aromatic N) is 4. The Labute approximate surface area is 167 Å². The molecule has 0 radical (unpaired) electrons. The fraction of sp³-hybridized carbons (Fsp3) is 0.550. The van der Waals surface area contributed by atoms with Gasteiger partial charge in [0.2, 0.25) is 0 Å². The highest BCUT2D eigenvalue weighted by molar-refractivity contribution is 5.93. The van der Waals surface area contributed by atoms with Gasteiger partial charge in [-0.1, -0.05) is 12.1 Å². The lowest BCUT2D eigenvalue weighted by atomic mass is 10.1. The number of hydrogen-bond acceptors (Lipinski definition) is 4. The number of hydrogen-bond donors (Lipinski definition) is 1. The summed E-state index contributed by atoms with van der Waals surface area (Å²) in [5.74, 6) is 0.822. The molecule has 1 aliphatic rings. The molecule has 1 aromatic carbocycles. The van der Waals surface area contributed by atoms with Crippen molar-refractivity contribution in [1.82, 2.24) is 20.0 Å². The lowest BCUT2D eigenvalue weighted by molar-refractivity contribution is 0.0827. The quantitative estimate of drug-likeness (QED) is 0.612. The molecule has 1 saturated heterocycles. The van der Waals surface area contributed by atoms with Crippen LogP contribution in [0, 0.1) is 0 Å². The first kappa shape index (κ1) is 21.5. The van der Waals surface area contributed by atoms with Gasteiger partial charge in [-0.2, -0.15) is 0 Å². The van der Waals surface area contributed by atoms with Gasteiger partial charge in [0.15, 0.2) is 5.96 Å². The number of ether oxygens (including phenoxy) is 1. The highest BCUT2D eigenvalue weighted by atomic mass is 16.6. The van der Waals surface area contributed by atoms with Crippen molar-refractivity contribution in [2.75, 3.05) is 53.4 Å². The van der Waals surface area contributed by atoms with Crippen molar-refractivity contribution in [3.63, 3.8) is 0 Å². The number of piperazine rings is 1. The van der Waals surface area contributed by atoms with E-state index in [2.05, 4.69) is 10.2 Å². The summed E-state index contributed by atoms with van der Waals surface area (Å²) < 4.78 is 5.07. The van der Waals surface area contributed by atoms with Crippen LogP contribution in [0.25, 0.3) is 0 Å². The first-order valence-electron chi connectivity index (χ1n) is 9.71. The molecule has 0 bridgehead atoms. The van der Waals surface area contributed by atoms with Gasteiger partial charge in [0.05, 0.1) is 13.2 Å². The van der Waals surface area contributed by atoms with E-state index in [-0.39, 0.29) is 12.0 Å². The maximum atomic E-state index is 12.0. The Kier molecular flexibility index (Phi) is 8.10. The first-order chi connectivity index (χ1) is 13.5. The Balaban J connectivity index is 1.97. The van der Waals surface area contributed by atoms with Gasteiger partial charge in [0, 0.05) is 52.4 Å². The van der Waals surface area contributed by atoms with E-state index in [9.17, 15) is 9.59 Å². The zero-order valence-corrected chi connectivity index (χ0v) is 17.3. The minimum Gasteiger partial charge on any atom is -0.450 e. The van der Waals surface area contributed by atoms with Gasteiger partial charge in [0.25, 0.3) is 5.91 Å². The normalized spacial score (nSPS) is 14.6. The molecule has 8 heteroatoms. The molecule has 1 heterocycles. The van der Waals surface area contributed by atoms with Gasteiger partial charge in [-0.05, 0) is 31.5 Å². The minimum absolute atomic E-state index is 0.0112. The van der Waals surface area contributed by atoms with Gasteiger partial charge < -0.3 is 24.8 Å². The first-order valence-corrected chi connectivity index (χ1v) is 9.71. The molecule has 154 valence electrons. The second-order valence-electron chi connectivity index (χ2n) is 6.74. The van der Waals surface area contributed by atoms with Crippen molar-refractivity contribution in [2.45, 2.75) is 20.4 Å². The van der Waals surface area contributed by atoms with Crippen LogP contribution in [0.3, 0.4) is 0 Å². The standard InChI is InChI=1S/C20H31N5O3/c1-5-21-19(24-11-13-25(14-12-24)20(27)28-6-2)22-15-16-7-9-17(10-8-16)18(26)23(3)4/h7-10H,5-6,11-15H2,1-4H3,(H,21,22). The molecule has 1 aliphatic heterocycles. The van der Waals surface area contributed by atoms with Gasteiger partial charge in [-0.3, -0.25) is 4.79 Å². The Hall–Kier alpha value is -2.77. The second kappa shape index (κ2) is 10.5.